The molecule has 0 radical (unpaired) electrons. The highest BCUT2D eigenvalue weighted by Gasteiger charge is 2.43. The fourth-order valence-electron chi connectivity index (χ4n) is 3.20. The topological polar surface area (TPSA) is 66.8 Å². The molecule has 1 aromatic rings. The van der Waals surface area contributed by atoms with Crippen molar-refractivity contribution in [2.45, 2.75) is 31.9 Å². The lowest BCUT2D eigenvalue weighted by molar-refractivity contribution is -0.131. The van der Waals surface area contributed by atoms with Crippen LogP contribution in [0.4, 0.5) is 0 Å². The SMILES string of the molecule is CC(=O)C1=C(O)C(=O)N(C[C@H]2CCCO2)[C@@H]1c1ccc(Cl)cc1. The largest absolute Gasteiger partial charge is 0.503 e. The maximum absolute atomic E-state index is 12.4. The van der Waals surface area contributed by atoms with Gasteiger partial charge in [-0.1, -0.05) is 23.7 Å². The Morgan fingerprint density at radius 2 is 2.09 bits per heavy atom. The second-order valence-corrected chi connectivity index (χ2v) is 6.30. The third kappa shape index (κ3) is 2.99. The van der Waals surface area contributed by atoms with Crippen molar-refractivity contribution in [2.75, 3.05) is 13.2 Å². The van der Waals surface area contributed by atoms with Crippen LogP contribution in [0.3, 0.4) is 0 Å². The highest BCUT2D eigenvalue weighted by Crippen LogP contribution is 2.38. The number of hydrogen-bond donors (Lipinski definition) is 1. The minimum atomic E-state index is -0.596. The lowest BCUT2D eigenvalue weighted by Gasteiger charge is -2.28. The van der Waals surface area contributed by atoms with Crippen LogP contribution >= 0.6 is 11.6 Å². The number of nitrogens with zero attached hydrogens (tertiary/aromatic N) is 1. The first-order chi connectivity index (χ1) is 11.0. The number of carbonyl (C=O) groups is 2. The summed E-state index contributed by atoms with van der Waals surface area (Å²) in [6.07, 6.45) is 1.76. The molecule has 1 N–H and O–H groups in total. The maximum Gasteiger partial charge on any atom is 0.290 e. The van der Waals surface area contributed by atoms with Crippen LogP contribution in [0.25, 0.3) is 0 Å². The van der Waals surface area contributed by atoms with E-state index in [-0.39, 0.29) is 17.5 Å². The monoisotopic (exact) mass is 335 g/mol. The zero-order valence-electron chi connectivity index (χ0n) is 12.8. The number of rotatable bonds is 4. The van der Waals surface area contributed by atoms with Crippen LogP contribution in [-0.4, -0.2) is 41.0 Å². The summed E-state index contributed by atoms with van der Waals surface area (Å²) in [6.45, 7) is 2.39. The molecular weight excluding hydrogens is 318 g/mol. The molecule has 2 heterocycles. The molecule has 23 heavy (non-hydrogen) atoms. The molecule has 0 aromatic heterocycles. The lowest BCUT2D eigenvalue weighted by atomic mass is 9.96. The molecule has 0 aliphatic carbocycles. The van der Waals surface area contributed by atoms with E-state index >= 15 is 0 Å². The van der Waals surface area contributed by atoms with E-state index < -0.39 is 17.7 Å². The Balaban J connectivity index is 1.98. The highest BCUT2D eigenvalue weighted by atomic mass is 35.5. The molecule has 1 saturated heterocycles. The van der Waals surface area contributed by atoms with Crippen molar-refractivity contribution in [3.63, 3.8) is 0 Å². The summed E-state index contributed by atoms with van der Waals surface area (Å²) >= 11 is 5.92. The van der Waals surface area contributed by atoms with Gasteiger partial charge in [-0.3, -0.25) is 9.59 Å². The molecule has 0 saturated carbocycles. The van der Waals surface area contributed by atoms with Crippen molar-refractivity contribution in [1.29, 1.82) is 0 Å². The van der Waals surface area contributed by atoms with Gasteiger partial charge in [0.15, 0.2) is 11.5 Å². The van der Waals surface area contributed by atoms with Gasteiger partial charge in [-0.2, -0.15) is 0 Å². The third-order valence-electron chi connectivity index (χ3n) is 4.29. The first-order valence-electron chi connectivity index (χ1n) is 7.61. The number of benzene rings is 1. The average molecular weight is 336 g/mol. The maximum atomic E-state index is 12.4. The molecule has 0 bridgehead atoms. The van der Waals surface area contributed by atoms with Crippen molar-refractivity contribution in [1.82, 2.24) is 4.90 Å². The predicted octanol–water partition coefficient (Wildman–Crippen LogP) is 2.80. The molecule has 5 nitrogen and oxygen atoms in total. The highest BCUT2D eigenvalue weighted by molar-refractivity contribution is 6.30. The number of aliphatic hydroxyl groups excluding tert-OH is 1. The van der Waals surface area contributed by atoms with Crippen LogP contribution in [0, 0.1) is 0 Å². The van der Waals surface area contributed by atoms with E-state index in [0.29, 0.717) is 18.2 Å². The van der Waals surface area contributed by atoms with Crippen molar-refractivity contribution < 1.29 is 19.4 Å². The summed E-state index contributed by atoms with van der Waals surface area (Å²) in [5.41, 5.74) is 0.880. The third-order valence-corrected chi connectivity index (χ3v) is 4.55. The Morgan fingerprint density at radius 1 is 1.39 bits per heavy atom. The van der Waals surface area contributed by atoms with E-state index in [1.807, 2.05) is 0 Å². The van der Waals surface area contributed by atoms with Gasteiger partial charge in [-0.25, -0.2) is 0 Å². The molecule has 0 unspecified atom stereocenters. The van der Waals surface area contributed by atoms with Gasteiger partial charge in [0.2, 0.25) is 0 Å². The van der Waals surface area contributed by atoms with Gasteiger partial charge in [-0.15, -0.1) is 0 Å². The molecule has 1 fully saturated rings. The van der Waals surface area contributed by atoms with Crippen LogP contribution in [0.2, 0.25) is 5.02 Å². The fourth-order valence-corrected chi connectivity index (χ4v) is 3.33. The lowest BCUT2D eigenvalue weighted by Crippen LogP contribution is -2.37. The summed E-state index contributed by atoms with van der Waals surface area (Å²) in [7, 11) is 0. The van der Waals surface area contributed by atoms with Gasteiger partial charge in [-0.05, 0) is 37.5 Å². The standard InChI is InChI=1S/C17H18ClNO4/c1-10(20)14-15(11-4-6-12(18)7-5-11)19(17(22)16(14)21)9-13-3-2-8-23-13/h4-7,13,15,21H,2-3,8-9H2,1H3/t13-,15-/m1/s1. The number of ketones is 1. The molecule has 0 spiro atoms. The molecule has 6 heteroatoms. The Labute approximate surface area is 139 Å². The fraction of sp³-hybridized carbons (Fsp3) is 0.412. The van der Waals surface area contributed by atoms with Crippen molar-refractivity contribution in [2.24, 2.45) is 0 Å². The summed E-state index contributed by atoms with van der Waals surface area (Å²) in [6, 6.07) is 6.35. The van der Waals surface area contributed by atoms with Gasteiger partial charge >= 0.3 is 0 Å². The molecule has 122 valence electrons. The summed E-state index contributed by atoms with van der Waals surface area (Å²) in [4.78, 5) is 25.9. The van der Waals surface area contributed by atoms with Crippen LogP contribution in [0.1, 0.15) is 31.4 Å². The zero-order valence-corrected chi connectivity index (χ0v) is 13.5. The van der Waals surface area contributed by atoms with Crippen molar-refractivity contribution in [3.05, 3.63) is 46.2 Å². The van der Waals surface area contributed by atoms with Gasteiger partial charge in [0, 0.05) is 18.2 Å². The van der Waals surface area contributed by atoms with E-state index in [2.05, 4.69) is 0 Å². The summed E-state index contributed by atoms with van der Waals surface area (Å²) < 4.78 is 5.60. The van der Waals surface area contributed by atoms with E-state index in [9.17, 15) is 14.7 Å². The number of Topliss-reactive ketones (excluding diaryl/α,β-unsaturated/α-hetero) is 1. The second kappa shape index (κ2) is 6.34. The van der Waals surface area contributed by atoms with E-state index in [1.165, 1.54) is 11.8 Å². The predicted molar refractivity (Wildman–Crippen MR) is 85.2 cm³/mol. The normalized spacial score (nSPS) is 24.6. The van der Waals surface area contributed by atoms with Gasteiger partial charge < -0.3 is 14.7 Å². The number of amides is 1. The molecule has 1 aromatic carbocycles. The Bertz CT molecular complexity index is 662. The quantitative estimate of drug-likeness (QED) is 0.918. The summed E-state index contributed by atoms with van der Waals surface area (Å²) in [5.74, 6) is -1.30. The molecule has 2 aliphatic heterocycles. The molecular formula is C17H18ClNO4. The van der Waals surface area contributed by atoms with Crippen molar-refractivity contribution in [3.8, 4) is 0 Å². The summed E-state index contributed by atoms with van der Waals surface area (Å²) in [5, 5.41) is 10.7. The Hall–Kier alpha value is -1.85. The van der Waals surface area contributed by atoms with Crippen LogP contribution in [-0.2, 0) is 14.3 Å². The molecule has 2 aliphatic rings. The van der Waals surface area contributed by atoms with Crippen molar-refractivity contribution >= 4 is 23.3 Å². The number of carbonyl (C=O) groups excluding carboxylic acids is 2. The van der Waals surface area contributed by atoms with E-state index in [1.54, 1.807) is 24.3 Å². The minimum Gasteiger partial charge on any atom is -0.503 e. The minimum absolute atomic E-state index is 0.0622. The number of aliphatic hydroxyl groups is 1. The number of hydrogen-bond acceptors (Lipinski definition) is 4. The Morgan fingerprint density at radius 3 is 2.65 bits per heavy atom. The van der Waals surface area contributed by atoms with Gasteiger partial charge in [0.05, 0.1) is 17.7 Å². The zero-order chi connectivity index (χ0) is 16.6. The first kappa shape index (κ1) is 16.0. The smallest absolute Gasteiger partial charge is 0.290 e. The average Bonchev–Trinajstić information content (AvgIpc) is 3.10. The first-order valence-corrected chi connectivity index (χ1v) is 7.99. The van der Waals surface area contributed by atoms with Crippen LogP contribution in [0.5, 0.6) is 0 Å². The second-order valence-electron chi connectivity index (χ2n) is 5.87. The van der Waals surface area contributed by atoms with Gasteiger partial charge in [0.1, 0.15) is 0 Å². The Kier molecular flexibility index (Phi) is 4.41. The van der Waals surface area contributed by atoms with E-state index in [4.69, 9.17) is 16.3 Å². The molecule has 1 amide bonds. The van der Waals surface area contributed by atoms with E-state index in [0.717, 1.165) is 18.4 Å². The van der Waals surface area contributed by atoms with Crippen LogP contribution < -0.4 is 0 Å². The number of halogens is 1. The molecule has 3 rings (SSSR count). The molecule has 2 atom stereocenters. The van der Waals surface area contributed by atoms with Gasteiger partial charge in [0.25, 0.3) is 5.91 Å². The number of ether oxygens (including phenoxy) is 1. The van der Waals surface area contributed by atoms with Crippen LogP contribution in [0.15, 0.2) is 35.6 Å².